The first-order valence-corrected chi connectivity index (χ1v) is 8.06. The second-order valence-electron chi connectivity index (χ2n) is 5.92. The minimum Gasteiger partial charge on any atom is -0.497 e. The van der Waals surface area contributed by atoms with Crippen LogP contribution < -0.4 is 10.1 Å². The first-order valence-electron chi connectivity index (χ1n) is 8.06. The average Bonchev–Trinajstić information content (AvgIpc) is 2.64. The second-order valence-corrected chi connectivity index (χ2v) is 5.92. The molecule has 2 aromatic carbocycles. The van der Waals surface area contributed by atoms with Gasteiger partial charge in [0.05, 0.1) is 7.11 Å². The molecular formula is C20H20N2O3. The summed E-state index contributed by atoms with van der Waals surface area (Å²) in [5.74, 6) is 0.365. The smallest absolute Gasteiger partial charge is 0.268 e. The normalized spacial score (nSPS) is 19.0. The highest BCUT2D eigenvalue weighted by atomic mass is 16.5. The summed E-state index contributed by atoms with van der Waals surface area (Å²) in [6.45, 7) is 0. The highest BCUT2D eigenvalue weighted by Crippen LogP contribution is 2.19. The van der Waals surface area contributed by atoms with E-state index in [1.807, 2.05) is 54.6 Å². The lowest BCUT2D eigenvalue weighted by molar-refractivity contribution is -0.138. The molecule has 0 unspecified atom stereocenters. The average molecular weight is 336 g/mol. The van der Waals surface area contributed by atoms with E-state index in [4.69, 9.17) is 4.74 Å². The van der Waals surface area contributed by atoms with Crippen molar-refractivity contribution in [2.45, 2.75) is 12.5 Å². The fourth-order valence-electron chi connectivity index (χ4n) is 2.81. The predicted molar refractivity (Wildman–Crippen MR) is 95.8 cm³/mol. The van der Waals surface area contributed by atoms with Crippen molar-refractivity contribution in [2.75, 3.05) is 14.2 Å². The second kappa shape index (κ2) is 7.21. The third kappa shape index (κ3) is 3.71. The van der Waals surface area contributed by atoms with Crippen LogP contribution in [0.2, 0.25) is 0 Å². The zero-order chi connectivity index (χ0) is 17.8. The molecule has 1 fully saturated rings. The molecule has 1 saturated heterocycles. The zero-order valence-corrected chi connectivity index (χ0v) is 14.2. The third-order valence-corrected chi connectivity index (χ3v) is 4.23. The van der Waals surface area contributed by atoms with Gasteiger partial charge in [-0.15, -0.1) is 0 Å². The van der Waals surface area contributed by atoms with Crippen LogP contribution in [0.25, 0.3) is 6.08 Å². The van der Waals surface area contributed by atoms with Crippen molar-refractivity contribution >= 4 is 17.9 Å². The SMILES string of the molecule is COc1ccc(C=C2C(=O)N[C@@H](Cc3ccccc3)C(=O)N2C)cc1. The van der Waals surface area contributed by atoms with E-state index in [1.165, 1.54) is 4.90 Å². The number of piperazine rings is 1. The first-order chi connectivity index (χ1) is 12.1. The predicted octanol–water partition coefficient (Wildman–Crippen LogP) is 2.24. The molecule has 0 bridgehead atoms. The molecule has 0 aromatic heterocycles. The van der Waals surface area contributed by atoms with E-state index in [2.05, 4.69) is 5.32 Å². The maximum Gasteiger partial charge on any atom is 0.268 e. The van der Waals surface area contributed by atoms with Gasteiger partial charge in [-0.2, -0.15) is 0 Å². The minimum absolute atomic E-state index is 0.122. The molecule has 0 saturated carbocycles. The first kappa shape index (κ1) is 16.8. The Hall–Kier alpha value is -3.08. The molecule has 3 rings (SSSR count). The lowest BCUT2D eigenvalue weighted by Gasteiger charge is -2.32. The quantitative estimate of drug-likeness (QED) is 0.871. The number of hydrogen-bond acceptors (Lipinski definition) is 3. The largest absolute Gasteiger partial charge is 0.497 e. The van der Waals surface area contributed by atoms with E-state index in [1.54, 1.807) is 20.2 Å². The van der Waals surface area contributed by atoms with Crippen LogP contribution in [0.4, 0.5) is 0 Å². The van der Waals surface area contributed by atoms with Crippen molar-refractivity contribution in [3.8, 4) is 5.75 Å². The van der Waals surface area contributed by atoms with Gasteiger partial charge in [-0.3, -0.25) is 9.59 Å². The molecule has 5 heteroatoms. The van der Waals surface area contributed by atoms with Crippen molar-refractivity contribution in [2.24, 2.45) is 0 Å². The monoisotopic (exact) mass is 336 g/mol. The molecule has 1 N–H and O–H groups in total. The molecule has 2 amide bonds. The molecular weight excluding hydrogens is 316 g/mol. The molecule has 0 aliphatic carbocycles. The third-order valence-electron chi connectivity index (χ3n) is 4.23. The van der Waals surface area contributed by atoms with Gasteiger partial charge < -0.3 is 15.0 Å². The van der Waals surface area contributed by atoms with Gasteiger partial charge in [0.25, 0.3) is 5.91 Å². The van der Waals surface area contributed by atoms with Crippen LogP contribution in [0.5, 0.6) is 5.75 Å². The summed E-state index contributed by atoms with van der Waals surface area (Å²) >= 11 is 0. The van der Waals surface area contributed by atoms with Crippen LogP contribution in [0.3, 0.4) is 0 Å². The fourth-order valence-corrected chi connectivity index (χ4v) is 2.81. The summed E-state index contributed by atoms with van der Waals surface area (Å²) in [6.07, 6.45) is 2.18. The van der Waals surface area contributed by atoms with Gasteiger partial charge in [-0.25, -0.2) is 0 Å². The number of benzene rings is 2. The van der Waals surface area contributed by atoms with Gasteiger partial charge >= 0.3 is 0 Å². The fraction of sp³-hybridized carbons (Fsp3) is 0.200. The number of rotatable bonds is 4. The number of nitrogens with zero attached hydrogens (tertiary/aromatic N) is 1. The molecule has 1 heterocycles. The lowest BCUT2D eigenvalue weighted by Crippen LogP contribution is -2.56. The van der Waals surface area contributed by atoms with E-state index in [0.717, 1.165) is 16.9 Å². The van der Waals surface area contributed by atoms with Crippen LogP contribution in [-0.2, 0) is 16.0 Å². The van der Waals surface area contributed by atoms with Crippen molar-refractivity contribution in [1.29, 1.82) is 0 Å². The Morgan fingerprint density at radius 3 is 2.40 bits per heavy atom. The number of ether oxygens (including phenoxy) is 1. The van der Waals surface area contributed by atoms with E-state index >= 15 is 0 Å². The minimum atomic E-state index is -0.548. The topological polar surface area (TPSA) is 58.6 Å². The van der Waals surface area contributed by atoms with Crippen LogP contribution in [0.1, 0.15) is 11.1 Å². The van der Waals surface area contributed by atoms with Crippen molar-refractivity contribution in [1.82, 2.24) is 10.2 Å². The summed E-state index contributed by atoms with van der Waals surface area (Å²) in [5.41, 5.74) is 2.17. The summed E-state index contributed by atoms with van der Waals surface area (Å²) in [6, 6.07) is 16.4. The Balaban J connectivity index is 1.79. The Labute approximate surface area is 146 Å². The number of hydrogen-bond donors (Lipinski definition) is 1. The molecule has 1 aliphatic rings. The standard InChI is InChI=1S/C20H20N2O3/c1-22-18(13-15-8-10-16(25-2)11-9-15)19(23)21-17(20(22)24)12-14-6-4-3-5-7-14/h3-11,13,17H,12H2,1-2H3,(H,21,23)/t17-/m0/s1. The number of methoxy groups -OCH3 is 1. The summed E-state index contributed by atoms with van der Waals surface area (Å²) in [4.78, 5) is 26.5. The Kier molecular flexibility index (Phi) is 4.84. The van der Waals surface area contributed by atoms with Gasteiger partial charge in [0.2, 0.25) is 5.91 Å². The summed E-state index contributed by atoms with van der Waals surface area (Å²) < 4.78 is 5.12. The number of carbonyl (C=O) groups excluding carboxylic acids is 2. The number of nitrogens with one attached hydrogen (secondary N) is 1. The number of carbonyl (C=O) groups is 2. The van der Waals surface area contributed by atoms with E-state index in [0.29, 0.717) is 12.1 Å². The zero-order valence-electron chi connectivity index (χ0n) is 14.2. The molecule has 0 spiro atoms. The maximum atomic E-state index is 12.6. The molecule has 5 nitrogen and oxygen atoms in total. The van der Waals surface area contributed by atoms with Gasteiger partial charge in [-0.1, -0.05) is 42.5 Å². The lowest BCUT2D eigenvalue weighted by atomic mass is 10.0. The molecule has 1 atom stereocenters. The summed E-state index contributed by atoms with van der Waals surface area (Å²) in [7, 11) is 3.23. The van der Waals surface area contributed by atoms with E-state index < -0.39 is 6.04 Å². The van der Waals surface area contributed by atoms with E-state index in [-0.39, 0.29) is 11.8 Å². The highest BCUT2D eigenvalue weighted by molar-refractivity contribution is 6.07. The maximum absolute atomic E-state index is 12.6. The Bertz CT molecular complexity index is 797. The van der Waals surface area contributed by atoms with E-state index in [9.17, 15) is 9.59 Å². The van der Waals surface area contributed by atoms with Crippen molar-refractivity contribution in [3.05, 3.63) is 71.4 Å². The Morgan fingerprint density at radius 1 is 1.08 bits per heavy atom. The highest BCUT2D eigenvalue weighted by Gasteiger charge is 2.34. The van der Waals surface area contributed by atoms with Gasteiger partial charge in [0.1, 0.15) is 17.5 Å². The van der Waals surface area contributed by atoms with Crippen LogP contribution in [0.15, 0.2) is 60.3 Å². The summed E-state index contributed by atoms with van der Waals surface area (Å²) in [5, 5.41) is 2.81. The molecule has 1 aliphatic heterocycles. The Morgan fingerprint density at radius 2 is 1.76 bits per heavy atom. The van der Waals surface area contributed by atoms with Crippen LogP contribution in [-0.4, -0.2) is 36.9 Å². The van der Waals surface area contributed by atoms with Gasteiger partial charge in [0.15, 0.2) is 0 Å². The van der Waals surface area contributed by atoms with Crippen LogP contribution in [0, 0.1) is 0 Å². The van der Waals surface area contributed by atoms with Crippen molar-refractivity contribution < 1.29 is 14.3 Å². The molecule has 2 aromatic rings. The van der Waals surface area contributed by atoms with Crippen molar-refractivity contribution in [3.63, 3.8) is 0 Å². The number of likely N-dealkylation sites (N-methyl/N-ethyl adjacent to an activating group) is 1. The molecule has 0 radical (unpaired) electrons. The molecule has 25 heavy (non-hydrogen) atoms. The van der Waals surface area contributed by atoms with Gasteiger partial charge in [0, 0.05) is 13.5 Å². The molecule has 128 valence electrons. The van der Waals surface area contributed by atoms with Gasteiger partial charge in [-0.05, 0) is 29.3 Å². The van der Waals surface area contributed by atoms with Crippen LogP contribution >= 0.6 is 0 Å². The number of amides is 2.